The van der Waals surface area contributed by atoms with Crippen molar-refractivity contribution in [1.82, 2.24) is 20.0 Å². The zero-order chi connectivity index (χ0) is 15.8. The molecular formula is C13H19F3N4O. The van der Waals surface area contributed by atoms with E-state index in [9.17, 15) is 18.0 Å². The second-order valence-electron chi connectivity index (χ2n) is 5.40. The minimum atomic E-state index is -4.59. The van der Waals surface area contributed by atoms with E-state index in [-0.39, 0.29) is 24.2 Å². The Balaban J connectivity index is 2.33. The minimum Gasteiger partial charge on any atom is -0.335 e. The van der Waals surface area contributed by atoms with E-state index in [1.165, 1.54) is 4.90 Å². The van der Waals surface area contributed by atoms with Gasteiger partial charge in [0.15, 0.2) is 5.69 Å². The maximum atomic E-state index is 13.2. The second kappa shape index (κ2) is 5.67. The molecule has 0 spiro atoms. The molecular weight excluding hydrogens is 285 g/mol. The predicted molar refractivity (Wildman–Crippen MR) is 70.9 cm³/mol. The summed E-state index contributed by atoms with van der Waals surface area (Å²) in [6.07, 6.45) is -3.57. The topological polar surface area (TPSA) is 50.2 Å². The average molecular weight is 304 g/mol. The standard InChI is InChI=1S/C13H19F3N4O/c1-4-20-11(13(14,15)16)10(5-17-20)12(21)19-6-8(2)18-9(3)7-19/h5,8-9,18H,4,6-7H2,1-3H3/t8-,9-/m0/s1. The van der Waals surface area contributed by atoms with E-state index in [2.05, 4.69) is 10.4 Å². The Hall–Kier alpha value is -1.57. The van der Waals surface area contributed by atoms with Crippen molar-refractivity contribution in [3.8, 4) is 0 Å². The van der Waals surface area contributed by atoms with Gasteiger partial charge in [-0.05, 0) is 20.8 Å². The van der Waals surface area contributed by atoms with Gasteiger partial charge in [0.25, 0.3) is 5.91 Å². The molecule has 0 unspecified atom stereocenters. The van der Waals surface area contributed by atoms with Crippen molar-refractivity contribution in [3.63, 3.8) is 0 Å². The summed E-state index contributed by atoms with van der Waals surface area (Å²) in [5.74, 6) is -0.609. The van der Waals surface area contributed by atoms with Crippen LogP contribution in [0.4, 0.5) is 13.2 Å². The van der Waals surface area contributed by atoms with Gasteiger partial charge < -0.3 is 10.2 Å². The lowest BCUT2D eigenvalue weighted by molar-refractivity contribution is -0.144. The average Bonchev–Trinajstić information content (AvgIpc) is 2.80. The molecule has 1 amide bonds. The Morgan fingerprint density at radius 3 is 2.43 bits per heavy atom. The molecule has 1 aromatic rings. The number of hydrogen-bond acceptors (Lipinski definition) is 3. The van der Waals surface area contributed by atoms with E-state index in [0.29, 0.717) is 13.1 Å². The number of hydrogen-bond donors (Lipinski definition) is 1. The van der Waals surface area contributed by atoms with Crippen molar-refractivity contribution in [1.29, 1.82) is 0 Å². The zero-order valence-electron chi connectivity index (χ0n) is 12.2. The van der Waals surface area contributed by atoms with Gasteiger partial charge in [-0.25, -0.2) is 0 Å². The lowest BCUT2D eigenvalue weighted by Gasteiger charge is -2.36. The maximum Gasteiger partial charge on any atom is 0.433 e. The van der Waals surface area contributed by atoms with E-state index in [4.69, 9.17) is 0 Å². The number of rotatable bonds is 2. The van der Waals surface area contributed by atoms with E-state index < -0.39 is 17.8 Å². The molecule has 2 atom stereocenters. The van der Waals surface area contributed by atoms with Crippen molar-refractivity contribution < 1.29 is 18.0 Å². The zero-order valence-corrected chi connectivity index (χ0v) is 12.2. The van der Waals surface area contributed by atoms with Crippen molar-refractivity contribution in [2.45, 2.75) is 45.6 Å². The van der Waals surface area contributed by atoms with Crippen LogP contribution in [0.3, 0.4) is 0 Å². The van der Waals surface area contributed by atoms with Gasteiger partial charge in [0.05, 0.1) is 11.8 Å². The monoisotopic (exact) mass is 304 g/mol. The lowest BCUT2D eigenvalue weighted by atomic mass is 10.1. The van der Waals surface area contributed by atoms with Crippen LogP contribution in [0.2, 0.25) is 0 Å². The van der Waals surface area contributed by atoms with Crippen LogP contribution >= 0.6 is 0 Å². The number of nitrogens with one attached hydrogen (secondary N) is 1. The Bertz CT molecular complexity index is 516. The van der Waals surface area contributed by atoms with E-state index in [1.54, 1.807) is 6.92 Å². The van der Waals surface area contributed by atoms with Gasteiger partial charge in [0.1, 0.15) is 0 Å². The molecule has 1 aliphatic heterocycles. The molecule has 0 saturated carbocycles. The molecule has 1 aliphatic rings. The molecule has 8 heteroatoms. The molecule has 2 heterocycles. The van der Waals surface area contributed by atoms with Crippen molar-refractivity contribution >= 4 is 5.91 Å². The molecule has 118 valence electrons. The Kier molecular flexibility index (Phi) is 4.27. The van der Waals surface area contributed by atoms with Crippen LogP contribution in [0.1, 0.15) is 36.8 Å². The number of carbonyl (C=O) groups excluding carboxylic acids is 1. The van der Waals surface area contributed by atoms with Crippen molar-refractivity contribution in [3.05, 3.63) is 17.5 Å². The molecule has 0 aromatic carbocycles. The smallest absolute Gasteiger partial charge is 0.335 e. The van der Waals surface area contributed by atoms with Gasteiger partial charge in [-0.3, -0.25) is 9.48 Å². The molecule has 21 heavy (non-hydrogen) atoms. The van der Waals surface area contributed by atoms with Crippen LogP contribution in [0.25, 0.3) is 0 Å². The van der Waals surface area contributed by atoms with Crippen LogP contribution in [-0.2, 0) is 12.7 Å². The molecule has 0 bridgehead atoms. The fourth-order valence-corrected chi connectivity index (χ4v) is 2.74. The van der Waals surface area contributed by atoms with E-state index >= 15 is 0 Å². The number of nitrogens with zero attached hydrogens (tertiary/aromatic N) is 3. The highest BCUT2D eigenvalue weighted by Gasteiger charge is 2.41. The summed E-state index contributed by atoms with van der Waals surface area (Å²) < 4.78 is 40.3. The number of aromatic nitrogens is 2. The third-order valence-electron chi connectivity index (χ3n) is 3.48. The summed E-state index contributed by atoms with van der Waals surface area (Å²) >= 11 is 0. The van der Waals surface area contributed by atoms with Gasteiger partial charge in [-0.15, -0.1) is 0 Å². The van der Waals surface area contributed by atoms with Gasteiger partial charge in [-0.2, -0.15) is 18.3 Å². The van der Waals surface area contributed by atoms with Gasteiger partial charge in [-0.1, -0.05) is 0 Å². The maximum absolute atomic E-state index is 13.2. The fraction of sp³-hybridized carbons (Fsp3) is 0.692. The van der Waals surface area contributed by atoms with Gasteiger partial charge >= 0.3 is 6.18 Å². The molecule has 0 aliphatic carbocycles. The number of aryl methyl sites for hydroxylation is 1. The second-order valence-corrected chi connectivity index (χ2v) is 5.40. The Morgan fingerprint density at radius 1 is 1.38 bits per heavy atom. The summed E-state index contributed by atoms with van der Waals surface area (Å²) in [5.41, 5.74) is -1.33. The van der Waals surface area contributed by atoms with Crippen LogP contribution in [-0.4, -0.2) is 45.8 Å². The predicted octanol–water partition coefficient (Wildman–Crippen LogP) is 1.74. The minimum absolute atomic E-state index is 0.0493. The van der Waals surface area contributed by atoms with Gasteiger partial charge in [0, 0.05) is 31.7 Å². The normalized spacial score (nSPS) is 23.4. The first-order valence-electron chi connectivity index (χ1n) is 6.92. The highest BCUT2D eigenvalue weighted by Crippen LogP contribution is 2.32. The number of piperazine rings is 1. The molecule has 1 fully saturated rings. The van der Waals surface area contributed by atoms with E-state index in [1.807, 2.05) is 13.8 Å². The third-order valence-corrected chi connectivity index (χ3v) is 3.48. The lowest BCUT2D eigenvalue weighted by Crippen LogP contribution is -2.56. The molecule has 1 aromatic heterocycles. The molecule has 0 radical (unpaired) electrons. The van der Waals surface area contributed by atoms with Gasteiger partial charge in [0.2, 0.25) is 0 Å². The van der Waals surface area contributed by atoms with Crippen LogP contribution in [0.5, 0.6) is 0 Å². The van der Waals surface area contributed by atoms with Crippen molar-refractivity contribution in [2.24, 2.45) is 0 Å². The molecule has 1 N–H and O–H groups in total. The number of halogens is 3. The van der Waals surface area contributed by atoms with Crippen LogP contribution in [0.15, 0.2) is 6.20 Å². The van der Waals surface area contributed by atoms with E-state index in [0.717, 1.165) is 10.9 Å². The van der Waals surface area contributed by atoms with Crippen LogP contribution in [0, 0.1) is 0 Å². The first-order chi connectivity index (χ1) is 9.74. The Morgan fingerprint density at radius 2 is 1.95 bits per heavy atom. The first-order valence-corrected chi connectivity index (χ1v) is 6.92. The highest BCUT2D eigenvalue weighted by molar-refractivity contribution is 5.95. The number of alkyl halides is 3. The summed E-state index contributed by atoms with van der Waals surface area (Å²) in [5, 5.41) is 6.93. The fourth-order valence-electron chi connectivity index (χ4n) is 2.74. The summed E-state index contributed by atoms with van der Waals surface area (Å²) in [6.45, 7) is 6.20. The highest BCUT2D eigenvalue weighted by atomic mass is 19.4. The Labute approximate surface area is 121 Å². The first kappa shape index (κ1) is 15.8. The number of amides is 1. The largest absolute Gasteiger partial charge is 0.433 e. The molecule has 2 rings (SSSR count). The van der Waals surface area contributed by atoms with Crippen molar-refractivity contribution in [2.75, 3.05) is 13.1 Å². The number of carbonyl (C=O) groups is 1. The molecule has 5 nitrogen and oxygen atoms in total. The van der Waals surface area contributed by atoms with Crippen LogP contribution < -0.4 is 5.32 Å². The summed E-state index contributed by atoms with van der Waals surface area (Å²) in [4.78, 5) is 13.9. The quantitative estimate of drug-likeness (QED) is 0.905. The third kappa shape index (κ3) is 3.20. The summed E-state index contributed by atoms with van der Waals surface area (Å²) in [6, 6.07) is 0.0986. The summed E-state index contributed by atoms with van der Waals surface area (Å²) in [7, 11) is 0. The molecule has 1 saturated heterocycles. The SMILES string of the molecule is CCn1ncc(C(=O)N2C[C@H](C)N[C@@H](C)C2)c1C(F)(F)F.